The van der Waals surface area contributed by atoms with Crippen molar-refractivity contribution in [2.75, 3.05) is 10.6 Å². The van der Waals surface area contributed by atoms with Crippen molar-refractivity contribution >= 4 is 45.9 Å². The molecular weight excluding hydrogens is 316 g/mol. The van der Waals surface area contributed by atoms with Gasteiger partial charge in [-0.15, -0.1) is 0 Å². The Balaban J connectivity index is 1.70. The fourth-order valence-electron chi connectivity index (χ4n) is 1.87. The van der Waals surface area contributed by atoms with Crippen LogP contribution in [-0.4, -0.2) is 11.8 Å². The van der Waals surface area contributed by atoms with Gasteiger partial charge in [0, 0.05) is 22.1 Å². The molecule has 2 aromatic heterocycles. The number of carbonyl (C=O) groups excluding carboxylic acids is 2. The van der Waals surface area contributed by atoms with E-state index in [1.807, 2.05) is 10.8 Å². The molecule has 0 saturated carbocycles. The maximum atomic E-state index is 12.0. The normalized spacial score (nSPS) is 10.2. The maximum absolute atomic E-state index is 12.0. The predicted octanol–water partition coefficient (Wildman–Crippen LogP) is 4.31. The molecule has 3 rings (SSSR count). The molecule has 0 aliphatic carbocycles. The summed E-state index contributed by atoms with van der Waals surface area (Å²) in [6.07, 6.45) is 0. The molecule has 2 amide bonds. The molecule has 0 aliphatic rings. The molecule has 0 bridgehead atoms. The molecule has 1 aromatic carbocycles. The molecule has 2 heterocycles. The van der Waals surface area contributed by atoms with Crippen LogP contribution in [0.3, 0.4) is 0 Å². The second-order valence-electron chi connectivity index (χ2n) is 4.51. The molecule has 0 spiro atoms. The highest BCUT2D eigenvalue weighted by molar-refractivity contribution is 7.08. The minimum absolute atomic E-state index is 0.164. The highest BCUT2D eigenvalue weighted by Crippen LogP contribution is 2.18. The first-order valence-corrected chi connectivity index (χ1v) is 8.38. The van der Waals surface area contributed by atoms with Gasteiger partial charge < -0.3 is 10.6 Å². The van der Waals surface area contributed by atoms with Crippen LogP contribution in [0.4, 0.5) is 11.4 Å². The fraction of sp³-hybridized carbons (Fsp3) is 0. The first-order chi connectivity index (χ1) is 10.7. The second kappa shape index (κ2) is 6.55. The number of nitrogens with one attached hydrogen (secondary N) is 2. The van der Waals surface area contributed by atoms with E-state index in [2.05, 4.69) is 10.6 Å². The monoisotopic (exact) mass is 328 g/mol. The zero-order valence-corrected chi connectivity index (χ0v) is 13.0. The van der Waals surface area contributed by atoms with Gasteiger partial charge in [0.2, 0.25) is 0 Å². The molecule has 3 aromatic rings. The summed E-state index contributed by atoms with van der Waals surface area (Å²) in [6.45, 7) is 0. The molecule has 0 radical (unpaired) electrons. The zero-order valence-electron chi connectivity index (χ0n) is 11.4. The number of carbonyl (C=O) groups is 2. The van der Waals surface area contributed by atoms with E-state index >= 15 is 0 Å². The summed E-state index contributed by atoms with van der Waals surface area (Å²) in [4.78, 5) is 24.0. The number of hydrogen-bond acceptors (Lipinski definition) is 4. The molecule has 110 valence electrons. The largest absolute Gasteiger partial charge is 0.322 e. The summed E-state index contributed by atoms with van der Waals surface area (Å²) in [5.41, 5.74) is 2.52. The van der Waals surface area contributed by atoms with Crippen LogP contribution in [0.2, 0.25) is 0 Å². The van der Waals surface area contributed by atoms with E-state index in [-0.39, 0.29) is 11.8 Å². The molecule has 0 unspecified atom stereocenters. The molecule has 6 heteroatoms. The standard InChI is InChI=1S/C16H12N2O2S2/c19-15(11-4-6-21-9-11)17-13-2-1-3-14(8-13)18-16(20)12-5-7-22-10-12/h1-10H,(H,17,19)(H,18,20). The van der Waals surface area contributed by atoms with Gasteiger partial charge in [0.15, 0.2) is 0 Å². The summed E-state index contributed by atoms with van der Waals surface area (Å²) in [6, 6.07) is 10.6. The molecule has 0 atom stereocenters. The van der Waals surface area contributed by atoms with Crippen LogP contribution in [0, 0.1) is 0 Å². The van der Waals surface area contributed by atoms with Crippen LogP contribution in [0.25, 0.3) is 0 Å². The number of anilines is 2. The van der Waals surface area contributed by atoms with Gasteiger partial charge in [0.05, 0.1) is 11.1 Å². The third-order valence-corrected chi connectivity index (χ3v) is 4.31. The fourth-order valence-corrected chi connectivity index (χ4v) is 3.14. The highest BCUT2D eigenvalue weighted by atomic mass is 32.1. The molecule has 2 N–H and O–H groups in total. The van der Waals surface area contributed by atoms with Crippen LogP contribution in [0.5, 0.6) is 0 Å². The third-order valence-electron chi connectivity index (χ3n) is 2.95. The van der Waals surface area contributed by atoms with E-state index in [1.54, 1.807) is 47.2 Å². The van der Waals surface area contributed by atoms with E-state index in [0.29, 0.717) is 22.5 Å². The van der Waals surface area contributed by atoms with E-state index in [1.165, 1.54) is 22.7 Å². The van der Waals surface area contributed by atoms with Crippen LogP contribution >= 0.6 is 22.7 Å². The summed E-state index contributed by atoms with van der Waals surface area (Å²) >= 11 is 2.94. The molecule has 0 aliphatic heterocycles. The molecule has 4 nitrogen and oxygen atoms in total. The lowest BCUT2D eigenvalue weighted by atomic mass is 10.2. The third kappa shape index (κ3) is 3.41. The summed E-state index contributed by atoms with van der Waals surface area (Å²) in [7, 11) is 0. The first-order valence-electron chi connectivity index (χ1n) is 6.49. The highest BCUT2D eigenvalue weighted by Gasteiger charge is 2.09. The summed E-state index contributed by atoms with van der Waals surface area (Å²) in [5, 5.41) is 12.9. The Hall–Kier alpha value is -2.44. The Kier molecular flexibility index (Phi) is 4.32. The van der Waals surface area contributed by atoms with Gasteiger partial charge in [-0.3, -0.25) is 9.59 Å². The van der Waals surface area contributed by atoms with Crippen LogP contribution in [0.15, 0.2) is 57.9 Å². The SMILES string of the molecule is O=C(Nc1cccc(NC(=O)c2ccsc2)c1)c1ccsc1. The van der Waals surface area contributed by atoms with Gasteiger partial charge in [0.1, 0.15) is 0 Å². The minimum Gasteiger partial charge on any atom is -0.322 e. The van der Waals surface area contributed by atoms with Crippen LogP contribution in [0.1, 0.15) is 20.7 Å². The molecule has 22 heavy (non-hydrogen) atoms. The van der Waals surface area contributed by atoms with E-state index in [0.717, 1.165) is 0 Å². The van der Waals surface area contributed by atoms with Crippen LogP contribution < -0.4 is 10.6 Å². The van der Waals surface area contributed by atoms with Gasteiger partial charge >= 0.3 is 0 Å². The average Bonchev–Trinajstić information content (AvgIpc) is 3.21. The first kappa shape index (κ1) is 14.5. The lowest BCUT2D eigenvalue weighted by Gasteiger charge is -2.08. The van der Waals surface area contributed by atoms with Crippen molar-refractivity contribution in [2.24, 2.45) is 0 Å². The summed E-state index contributed by atoms with van der Waals surface area (Å²) < 4.78 is 0. The van der Waals surface area contributed by atoms with Crippen molar-refractivity contribution in [3.8, 4) is 0 Å². The van der Waals surface area contributed by atoms with E-state index < -0.39 is 0 Å². The number of hydrogen-bond donors (Lipinski definition) is 2. The van der Waals surface area contributed by atoms with Crippen molar-refractivity contribution in [1.29, 1.82) is 0 Å². The average molecular weight is 328 g/mol. The smallest absolute Gasteiger partial charge is 0.256 e. The quantitative estimate of drug-likeness (QED) is 0.749. The maximum Gasteiger partial charge on any atom is 0.256 e. The lowest BCUT2D eigenvalue weighted by Crippen LogP contribution is -2.13. The van der Waals surface area contributed by atoms with Gasteiger partial charge in [-0.05, 0) is 41.1 Å². The molecule has 0 fully saturated rings. The van der Waals surface area contributed by atoms with Crippen molar-refractivity contribution in [1.82, 2.24) is 0 Å². The van der Waals surface area contributed by atoms with E-state index in [4.69, 9.17) is 0 Å². The number of rotatable bonds is 4. The Bertz CT molecular complexity index is 717. The van der Waals surface area contributed by atoms with Gasteiger partial charge in [0.25, 0.3) is 11.8 Å². The zero-order chi connectivity index (χ0) is 15.4. The lowest BCUT2D eigenvalue weighted by molar-refractivity contribution is 0.102. The Morgan fingerprint density at radius 1 is 0.773 bits per heavy atom. The number of benzene rings is 1. The molecule has 0 saturated heterocycles. The number of amides is 2. The Morgan fingerprint density at radius 2 is 1.27 bits per heavy atom. The summed E-state index contributed by atoms with van der Waals surface area (Å²) in [5.74, 6) is -0.329. The molecular formula is C16H12N2O2S2. The Labute approximate surface area is 135 Å². The van der Waals surface area contributed by atoms with Gasteiger partial charge in [-0.2, -0.15) is 22.7 Å². The topological polar surface area (TPSA) is 58.2 Å². The second-order valence-corrected chi connectivity index (χ2v) is 6.07. The number of thiophene rings is 2. The predicted molar refractivity (Wildman–Crippen MR) is 91.0 cm³/mol. The van der Waals surface area contributed by atoms with E-state index in [9.17, 15) is 9.59 Å². The Morgan fingerprint density at radius 3 is 1.68 bits per heavy atom. The van der Waals surface area contributed by atoms with Crippen molar-refractivity contribution in [3.05, 3.63) is 69.0 Å². The van der Waals surface area contributed by atoms with Crippen molar-refractivity contribution < 1.29 is 9.59 Å². The van der Waals surface area contributed by atoms with Crippen LogP contribution in [-0.2, 0) is 0 Å². The van der Waals surface area contributed by atoms with Gasteiger partial charge in [-0.25, -0.2) is 0 Å². The van der Waals surface area contributed by atoms with Crippen molar-refractivity contribution in [3.63, 3.8) is 0 Å². The van der Waals surface area contributed by atoms with Gasteiger partial charge in [-0.1, -0.05) is 6.07 Å². The minimum atomic E-state index is -0.164. The van der Waals surface area contributed by atoms with Crippen molar-refractivity contribution in [2.45, 2.75) is 0 Å².